The number of hydrogen-bond donors (Lipinski definition) is 1. The van der Waals surface area contributed by atoms with Crippen LogP contribution in [-0.2, 0) is 29.2 Å². The van der Waals surface area contributed by atoms with Gasteiger partial charge in [0, 0.05) is 44.1 Å². The molecule has 3 aromatic carbocycles. The fourth-order valence-corrected chi connectivity index (χ4v) is 5.06. The van der Waals surface area contributed by atoms with Gasteiger partial charge in [-0.3, -0.25) is 9.59 Å². The number of benzene rings is 3. The lowest BCUT2D eigenvalue weighted by atomic mass is 10.1. The average Bonchev–Trinajstić information content (AvgIpc) is 3.47. The Kier molecular flexibility index (Phi) is 7.59. The Morgan fingerprint density at radius 1 is 0.865 bits per heavy atom. The Bertz CT molecular complexity index is 1240. The molecule has 0 saturated carbocycles. The Labute approximate surface area is 218 Å². The highest BCUT2D eigenvalue weighted by Gasteiger charge is 2.23. The summed E-state index contributed by atoms with van der Waals surface area (Å²) in [6.07, 6.45) is 2.51. The molecule has 2 fully saturated rings. The zero-order valence-electron chi connectivity index (χ0n) is 21.4. The number of methoxy groups -OCH3 is 1. The molecule has 7 heteroatoms. The highest BCUT2D eigenvalue weighted by molar-refractivity contribution is 5.92. The number of ether oxygens (including phenoxy) is 1. The second kappa shape index (κ2) is 11.4. The molecule has 1 N–H and O–H groups in total. The number of rotatable bonds is 9. The molecule has 37 heavy (non-hydrogen) atoms. The van der Waals surface area contributed by atoms with E-state index in [0.717, 1.165) is 43.2 Å². The molecule has 3 aromatic rings. The summed E-state index contributed by atoms with van der Waals surface area (Å²) in [5.74, 6) is 0.678. The largest absolute Gasteiger partial charge is 0.497 e. The van der Waals surface area contributed by atoms with Crippen LogP contribution in [0.25, 0.3) is 0 Å². The van der Waals surface area contributed by atoms with Gasteiger partial charge in [-0.2, -0.15) is 0 Å². The maximum Gasteiger partial charge on any atom is 0.242 e. The molecule has 0 atom stereocenters. The normalized spacial score (nSPS) is 15.6. The third-order valence-corrected chi connectivity index (χ3v) is 7.06. The molecule has 2 amide bonds. The number of anilines is 2. The van der Waals surface area contributed by atoms with Gasteiger partial charge in [0.1, 0.15) is 5.75 Å². The molecule has 5 rings (SSSR count). The van der Waals surface area contributed by atoms with E-state index in [9.17, 15) is 9.59 Å². The smallest absolute Gasteiger partial charge is 0.242 e. The standard InChI is InChI=1S/C30H34N4O3/c1-37-28-9-5-7-25(17-28)21-33(20-24-6-4-8-27(16-24)32-14-2-3-15-32)26-12-10-23(11-13-26)19-34-22-29(35)31-18-30(34)36/h4-13,16-17H,2-3,14-15,18-22H2,1H3,(H,31,35). The lowest BCUT2D eigenvalue weighted by Gasteiger charge is -2.28. The first-order chi connectivity index (χ1) is 18.1. The maximum atomic E-state index is 12.2. The first-order valence-electron chi connectivity index (χ1n) is 12.9. The monoisotopic (exact) mass is 498 g/mol. The van der Waals surface area contributed by atoms with Gasteiger partial charge in [-0.25, -0.2) is 0 Å². The van der Waals surface area contributed by atoms with Crippen molar-refractivity contribution in [1.82, 2.24) is 10.2 Å². The van der Waals surface area contributed by atoms with Crippen LogP contribution in [0.5, 0.6) is 5.75 Å². The van der Waals surface area contributed by atoms with Crippen LogP contribution in [0.15, 0.2) is 72.8 Å². The predicted molar refractivity (Wildman–Crippen MR) is 146 cm³/mol. The molecule has 2 heterocycles. The third-order valence-electron chi connectivity index (χ3n) is 7.06. The van der Waals surface area contributed by atoms with Crippen molar-refractivity contribution in [2.24, 2.45) is 0 Å². The van der Waals surface area contributed by atoms with Gasteiger partial charge in [-0.05, 0) is 65.9 Å². The van der Waals surface area contributed by atoms with Gasteiger partial charge in [-0.15, -0.1) is 0 Å². The number of carbonyl (C=O) groups is 2. The van der Waals surface area contributed by atoms with Crippen LogP contribution in [0.1, 0.15) is 29.5 Å². The fraction of sp³-hybridized carbons (Fsp3) is 0.333. The molecule has 7 nitrogen and oxygen atoms in total. The van der Waals surface area contributed by atoms with Crippen molar-refractivity contribution in [2.45, 2.75) is 32.5 Å². The van der Waals surface area contributed by atoms with Crippen LogP contribution >= 0.6 is 0 Å². The van der Waals surface area contributed by atoms with E-state index < -0.39 is 0 Å². The summed E-state index contributed by atoms with van der Waals surface area (Å²) < 4.78 is 5.45. The molecule has 2 aliphatic rings. The molecule has 192 valence electrons. The molecule has 0 bridgehead atoms. The second-order valence-electron chi connectivity index (χ2n) is 9.76. The zero-order chi connectivity index (χ0) is 25.6. The Hall–Kier alpha value is -4.00. The van der Waals surface area contributed by atoms with Crippen LogP contribution in [0.3, 0.4) is 0 Å². The molecule has 0 unspecified atom stereocenters. The maximum absolute atomic E-state index is 12.2. The topological polar surface area (TPSA) is 65.1 Å². The van der Waals surface area contributed by atoms with E-state index in [4.69, 9.17) is 4.74 Å². The van der Waals surface area contributed by atoms with Gasteiger partial charge in [0.2, 0.25) is 11.8 Å². The summed E-state index contributed by atoms with van der Waals surface area (Å²) in [5, 5.41) is 2.60. The van der Waals surface area contributed by atoms with Gasteiger partial charge < -0.3 is 24.8 Å². The molecule has 2 aliphatic heterocycles. The summed E-state index contributed by atoms with van der Waals surface area (Å²) in [5.41, 5.74) is 5.83. The second-order valence-corrected chi connectivity index (χ2v) is 9.76. The molecule has 0 radical (unpaired) electrons. The number of nitrogens with one attached hydrogen (secondary N) is 1. The summed E-state index contributed by atoms with van der Waals surface area (Å²) in [7, 11) is 1.69. The molecular weight excluding hydrogens is 464 g/mol. The highest BCUT2D eigenvalue weighted by atomic mass is 16.5. The Balaban J connectivity index is 1.37. The van der Waals surface area contributed by atoms with Gasteiger partial charge in [-0.1, -0.05) is 36.4 Å². The summed E-state index contributed by atoms with van der Waals surface area (Å²) in [4.78, 5) is 30.4. The van der Waals surface area contributed by atoms with Crippen molar-refractivity contribution in [3.8, 4) is 5.75 Å². The molecule has 2 saturated heterocycles. The lowest BCUT2D eigenvalue weighted by molar-refractivity contribution is -0.141. The average molecular weight is 499 g/mol. The van der Waals surface area contributed by atoms with Gasteiger partial charge >= 0.3 is 0 Å². The minimum Gasteiger partial charge on any atom is -0.497 e. The predicted octanol–water partition coefficient (Wildman–Crippen LogP) is 3.96. The summed E-state index contributed by atoms with van der Waals surface area (Å²) >= 11 is 0. The van der Waals surface area contributed by atoms with E-state index in [0.29, 0.717) is 6.54 Å². The summed E-state index contributed by atoms with van der Waals surface area (Å²) in [6.45, 7) is 4.36. The molecule has 0 spiro atoms. The van der Waals surface area contributed by atoms with Crippen molar-refractivity contribution < 1.29 is 14.3 Å². The van der Waals surface area contributed by atoms with Crippen LogP contribution in [0.4, 0.5) is 11.4 Å². The van der Waals surface area contributed by atoms with Crippen LogP contribution in [-0.4, -0.2) is 50.0 Å². The van der Waals surface area contributed by atoms with Crippen LogP contribution in [0.2, 0.25) is 0 Å². The first kappa shape index (κ1) is 24.7. The molecular formula is C30H34N4O3. The van der Waals surface area contributed by atoms with Crippen LogP contribution < -0.4 is 19.9 Å². The molecule has 0 aliphatic carbocycles. The minimum absolute atomic E-state index is 0.0544. The van der Waals surface area contributed by atoms with Gasteiger partial charge in [0.25, 0.3) is 0 Å². The Morgan fingerprint density at radius 3 is 2.30 bits per heavy atom. The van der Waals surface area contributed by atoms with E-state index in [1.54, 1.807) is 12.0 Å². The van der Waals surface area contributed by atoms with E-state index in [1.165, 1.54) is 29.7 Å². The van der Waals surface area contributed by atoms with Crippen molar-refractivity contribution in [2.75, 3.05) is 43.1 Å². The number of hydrogen-bond acceptors (Lipinski definition) is 5. The quantitative estimate of drug-likeness (QED) is 0.484. The number of amides is 2. The third kappa shape index (κ3) is 6.23. The van der Waals surface area contributed by atoms with Crippen LogP contribution in [0, 0.1) is 0 Å². The fourth-order valence-electron chi connectivity index (χ4n) is 5.06. The summed E-state index contributed by atoms with van der Waals surface area (Å²) in [6, 6.07) is 25.4. The number of nitrogens with zero attached hydrogens (tertiary/aromatic N) is 3. The van der Waals surface area contributed by atoms with Gasteiger partial charge in [0.15, 0.2) is 0 Å². The van der Waals surface area contributed by atoms with E-state index in [2.05, 4.69) is 63.6 Å². The first-order valence-corrected chi connectivity index (χ1v) is 12.9. The van der Waals surface area contributed by atoms with E-state index in [-0.39, 0.29) is 24.9 Å². The minimum atomic E-state index is -0.114. The van der Waals surface area contributed by atoms with E-state index in [1.807, 2.05) is 24.3 Å². The van der Waals surface area contributed by atoms with Gasteiger partial charge in [0.05, 0.1) is 20.2 Å². The van der Waals surface area contributed by atoms with Crippen molar-refractivity contribution in [3.05, 3.63) is 89.5 Å². The zero-order valence-corrected chi connectivity index (χ0v) is 21.4. The van der Waals surface area contributed by atoms with Crippen molar-refractivity contribution in [1.29, 1.82) is 0 Å². The number of piperazine rings is 1. The Morgan fingerprint density at radius 2 is 1.57 bits per heavy atom. The number of carbonyl (C=O) groups excluding carboxylic acids is 2. The van der Waals surface area contributed by atoms with Crippen molar-refractivity contribution in [3.63, 3.8) is 0 Å². The lowest BCUT2D eigenvalue weighted by Crippen LogP contribution is -2.50. The highest BCUT2D eigenvalue weighted by Crippen LogP contribution is 2.26. The SMILES string of the molecule is COc1cccc(CN(Cc2cccc(N3CCCC3)c2)c2ccc(CN3CC(=O)NCC3=O)cc2)c1. The molecule has 0 aromatic heterocycles. The van der Waals surface area contributed by atoms with E-state index >= 15 is 0 Å². The van der Waals surface area contributed by atoms with Crippen molar-refractivity contribution >= 4 is 23.2 Å².